The Hall–Kier alpha value is -2.81. The van der Waals surface area contributed by atoms with Crippen molar-refractivity contribution in [1.29, 1.82) is 0 Å². The third-order valence-corrected chi connectivity index (χ3v) is 6.15. The number of thiazole rings is 1. The predicted octanol–water partition coefficient (Wildman–Crippen LogP) is 5.44. The number of rotatable bonds is 5. The van der Waals surface area contributed by atoms with Crippen LogP contribution in [0.3, 0.4) is 0 Å². The van der Waals surface area contributed by atoms with E-state index in [9.17, 15) is 9.59 Å². The van der Waals surface area contributed by atoms with Gasteiger partial charge in [-0.1, -0.05) is 24.3 Å². The van der Waals surface area contributed by atoms with Gasteiger partial charge in [-0.15, -0.1) is 34.0 Å². The highest BCUT2D eigenvalue weighted by atomic mass is 32.1. The molecule has 0 atom stereocenters. The first kappa shape index (κ1) is 17.6. The van der Waals surface area contributed by atoms with Gasteiger partial charge in [-0.2, -0.15) is 0 Å². The van der Waals surface area contributed by atoms with Crippen molar-refractivity contribution in [3.8, 4) is 11.3 Å². The van der Waals surface area contributed by atoms with E-state index < -0.39 is 0 Å². The molecule has 3 heterocycles. The number of nitrogens with zero attached hydrogens (tertiary/aromatic N) is 1. The van der Waals surface area contributed by atoms with Crippen molar-refractivity contribution in [3.63, 3.8) is 0 Å². The van der Waals surface area contributed by atoms with E-state index in [1.54, 1.807) is 12.1 Å². The summed E-state index contributed by atoms with van der Waals surface area (Å²) in [7, 11) is 0. The van der Waals surface area contributed by atoms with Gasteiger partial charge in [-0.3, -0.25) is 14.9 Å². The second-order valence-electron chi connectivity index (χ2n) is 5.48. The number of anilines is 2. The molecule has 3 aromatic heterocycles. The minimum atomic E-state index is -0.155. The Labute approximate surface area is 167 Å². The minimum Gasteiger partial charge on any atom is -0.321 e. The van der Waals surface area contributed by atoms with Gasteiger partial charge < -0.3 is 5.32 Å². The SMILES string of the molecule is O=C(Nc1ccc(-c2csc(NC(=O)c3cccs3)n2)cc1)c1cccs1. The summed E-state index contributed by atoms with van der Waals surface area (Å²) in [6.45, 7) is 0. The molecule has 0 aliphatic heterocycles. The van der Waals surface area contributed by atoms with E-state index in [0.29, 0.717) is 14.9 Å². The summed E-state index contributed by atoms with van der Waals surface area (Å²) in [6, 6.07) is 14.7. The van der Waals surface area contributed by atoms with Crippen LogP contribution in [0.15, 0.2) is 64.7 Å². The summed E-state index contributed by atoms with van der Waals surface area (Å²) in [5, 5.41) is 11.9. The number of benzene rings is 1. The van der Waals surface area contributed by atoms with E-state index in [-0.39, 0.29) is 11.8 Å². The van der Waals surface area contributed by atoms with Crippen molar-refractivity contribution in [3.05, 3.63) is 74.4 Å². The first-order valence-electron chi connectivity index (χ1n) is 7.95. The van der Waals surface area contributed by atoms with Crippen molar-refractivity contribution >= 4 is 56.6 Å². The highest BCUT2D eigenvalue weighted by molar-refractivity contribution is 7.14. The van der Waals surface area contributed by atoms with Gasteiger partial charge in [0.25, 0.3) is 11.8 Å². The topological polar surface area (TPSA) is 71.1 Å². The lowest BCUT2D eigenvalue weighted by atomic mass is 10.1. The van der Waals surface area contributed by atoms with Crippen molar-refractivity contribution in [2.75, 3.05) is 10.6 Å². The van der Waals surface area contributed by atoms with E-state index in [2.05, 4.69) is 15.6 Å². The van der Waals surface area contributed by atoms with Gasteiger partial charge in [-0.05, 0) is 35.0 Å². The zero-order valence-electron chi connectivity index (χ0n) is 13.8. The molecular weight excluding hydrogens is 398 g/mol. The maximum atomic E-state index is 12.1. The average Bonchev–Trinajstić information content (AvgIpc) is 3.44. The van der Waals surface area contributed by atoms with Gasteiger partial charge >= 0.3 is 0 Å². The number of amides is 2. The number of hydrogen-bond acceptors (Lipinski definition) is 6. The van der Waals surface area contributed by atoms with Crippen LogP contribution < -0.4 is 10.6 Å². The number of hydrogen-bond donors (Lipinski definition) is 2. The summed E-state index contributed by atoms with van der Waals surface area (Å²) < 4.78 is 0. The van der Waals surface area contributed by atoms with Gasteiger partial charge in [0.2, 0.25) is 0 Å². The van der Waals surface area contributed by atoms with Gasteiger partial charge in [0.1, 0.15) is 0 Å². The Morgan fingerprint density at radius 1 is 0.778 bits per heavy atom. The molecular formula is C19H13N3O2S3. The molecule has 2 amide bonds. The average molecular weight is 412 g/mol. The predicted molar refractivity (Wildman–Crippen MR) is 112 cm³/mol. The molecule has 4 rings (SSSR count). The lowest BCUT2D eigenvalue weighted by molar-refractivity contribution is 0.102. The molecule has 2 N–H and O–H groups in total. The van der Waals surface area contributed by atoms with E-state index >= 15 is 0 Å². The maximum absolute atomic E-state index is 12.1. The quantitative estimate of drug-likeness (QED) is 0.459. The lowest BCUT2D eigenvalue weighted by Crippen LogP contribution is -2.10. The molecule has 0 bridgehead atoms. The van der Waals surface area contributed by atoms with Crippen LogP contribution in [-0.4, -0.2) is 16.8 Å². The van der Waals surface area contributed by atoms with Crippen molar-refractivity contribution < 1.29 is 9.59 Å². The third kappa shape index (κ3) is 4.13. The van der Waals surface area contributed by atoms with Crippen LogP contribution in [-0.2, 0) is 0 Å². The highest BCUT2D eigenvalue weighted by Gasteiger charge is 2.11. The Morgan fingerprint density at radius 3 is 2.00 bits per heavy atom. The fourth-order valence-corrected chi connectivity index (χ4v) is 4.31. The molecule has 5 nitrogen and oxygen atoms in total. The summed E-state index contributed by atoms with van der Waals surface area (Å²) in [5.41, 5.74) is 2.41. The molecule has 0 saturated heterocycles. The molecule has 134 valence electrons. The van der Waals surface area contributed by atoms with Crippen LogP contribution in [0.2, 0.25) is 0 Å². The smallest absolute Gasteiger partial charge is 0.267 e. The summed E-state index contributed by atoms with van der Waals surface area (Å²) >= 11 is 4.17. The van der Waals surface area contributed by atoms with E-state index in [1.165, 1.54) is 34.0 Å². The van der Waals surface area contributed by atoms with Crippen LogP contribution in [0.1, 0.15) is 19.3 Å². The molecule has 0 spiro atoms. The lowest BCUT2D eigenvalue weighted by Gasteiger charge is -2.04. The molecule has 1 aromatic carbocycles. The molecule has 27 heavy (non-hydrogen) atoms. The number of carbonyl (C=O) groups excluding carboxylic acids is 2. The van der Waals surface area contributed by atoms with Gasteiger partial charge in [0, 0.05) is 16.6 Å². The van der Waals surface area contributed by atoms with Crippen molar-refractivity contribution in [2.24, 2.45) is 0 Å². The van der Waals surface area contributed by atoms with Crippen LogP contribution in [0.4, 0.5) is 10.8 Å². The van der Waals surface area contributed by atoms with Crippen LogP contribution in [0.5, 0.6) is 0 Å². The number of carbonyl (C=O) groups is 2. The van der Waals surface area contributed by atoms with Gasteiger partial charge in [0.05, 0.1) is 15.4 Å². The Kier molecular flexibility index (Phi) is 5.10. The fraction of sp³-hybridized carbons (Fsp3) is 0. The molecule has 0 aliphatic carbocycles. The Morgan fingerprint density at radius 2 is 1.41 bits per heavy atom. The molecule has 0 saturated carbocycles. The van der Waals surface area contributed by atoms with E-state index in [1.807, 2.05) is 52.5 Å². The molecule has 0 fully saturated rings. The summed E-state index contributed by atoms with van der Waals surface area (Å²) in [6.07, 6.45) is 0. The zero-order chi connectivity index (χ0) is 18.6. The number of thiophene rings is 2. The summed E-state index contributed by atoms with van der Waals surface area (Å²) in [5.74, 6) is -0.275. The largest absolute Gasteiger partial charge is 0.321 e. The summed E-state index contributed by atoms with van der Waals surface area (Å²) in [4.78, 5) is 30.0. The van der Waals surface area contributed by atoms with Crippen molar-refractivity contribution in [1.82, 2.24) is 4.98 Å². The fourth-order valence-electron chi connectivity index (χ4n) is 2.35. The van der Waals surface area contributed by atoms with E-state index in [0.717, 1.165) is 16.9 Å². The number of aromatic nitrogens is 1. The molecule has 0 unspecified atom stereocenters. The maximum Gasteiger partial charge on any atom is 0.267 e. The minimum absolute atomic E-state index is 0.120. The van der Waals surface area contributed by atoms with Crippen molar-refractivity contribution in [2.45, 2.75) is 0 Å². The highest BCUT2D eigenvalue weighted by Crippen LogP contribution is 2.27. The van der Waals surface area contributed by atoms with Crippen LogP contribution in [0, 0.1) is 0 Å². The number of nitrogens with one attached hydrogen (secondary N) is 2. The van der Waals surface area contributed by atoms with Crippen LogP contribution >= 0.6 is 34.0 Å². The molecule has 0 aliphatic rings. The van der Waals surface area contributed by atoms with Gasteiger partial charge in [-0.25, -0.2) is 4.98 Å². The third-order valence-electron chi connectivity index (χ3n) is 3.65. The van der Waals surface area contributed by atoms with Gasteiger partial charge in [0.15, 0.2) is 5.13 Å². The Balaban J connectivity index is 1.42. The monoisotopic (exact) mass is 411 g/mol. The zero-order valence-corrected chi connectivity index (χ0v) is 16.3. The molecule has 4 aromatic rings. The second-order valence-corrected chi connectivity index (χ2v) is 8.23. The molecule has 8 heteroatoms. The first-order chi connectivity index (χ1) is 13.2. The normalized spacial score (nSPS) is 10.5. The second kappa shape index (κ2) is 7.83. The standard InChI is InChI=1S/C19H13N3O2S3/c23-17(15-3-1-9-25-15)20-13-7-5-12(6-8-13)14-11-27-19(21-14)22-18(24)16-4-2-10-26-16/h1-11H,(H,20,23)(H,21,22,24). The first-order valence-corrected chi connectivity index (χ1v) is 10.6. The Bertz CT molecular complexity index is 1050. The van der Waals surface area contributed by atoms with E-state index in [4.69, 9.17) is 0 Å². The van der Waals surface area contributed by atoms with Crippen LogP contribution in [0.25, 0.3) is 11.3 Å². The molecule has 0 radical (unpaired) electrons.